The number of halogens is 5. The van der Waals surface area contributed by atoms with E-state index in [-0.39, 0.29) is 5.56 Å². The molecule has 0 aliphatic rings. The van der Waals surface area contributed by atoms with Crippen molar-refractivity contribution in [3.63, 3.8) is 0 Å². The highest BCUT2D eigenvalue weighted by molar-refractivity contribution is 6.36. The zero-order valence-electron chi connectivity index (χ0n) is 13.5. The predicted molar refractivity (Wildman–Crippen MR) is 80.9 cm³/mol. The molecule has 9 heteroatoms. The molecule has 0 amide bonds. The highest BCUT2D eigenvalue weighted by Gasteiger charge is 2.27. The fourth-order valence-electron chi connectivity index (χ4n) is 2.20. The minimum Gasteiger partial charge on any atom is -0.375 e. The molecular formula is C16H14F5O3Si. The smallest absolute Gasteiger partial charge is 0.375 e. The van der Waals surface area contributed by atoms with Gasteiger partial charge in [0.05, 0.1) is 11.7 Å². The Balaban J connectivity index is 2.47. The van der Waals surface area contributed by atoms with Gasteiger partial charge in [0.25, 0.3) is 0 Å². The van der Waals surface area contributed by atoms with Crippen LogP contribution in [0.1, 0.15) is 18.6 Å². The van der Waals surface area contributed by atoms with Crippen LogP contribution in [0.4, 0.5) is 22.0 Å². The van der Waals surface area contributed by atoms with Crippen molar-refractivity contribution in [2.75, 3.05) is 14.2 Å². The van der Waals surface area contributed by atoms with Gasteiger partial charge in [-0.25, -0.2) is 22.0 Å². The summed E-state index contributed by atoms with van der Waals surface area (Å²) in [6.45, 7) is 1.64. The van der Waals surface area contributed by atoms with Crippen molar-refractivity contribution in [2.45, 2.75) is 13.0 Å². The zero-order valence-corrected chi connectivity index (χ0v) is 14.5. The predicted octanol–water partition coefficient (Wildman–Crippen LogP) is 4.40. The first kappa shape index (κ1) is 19.5. The molecule has 1 atom stereocenters. The topological polar surface area (TPSA) is 27.7 Å². The van der Waals surface area contributed by atoms with Crippen molar-refractivity contribution in [3.8, 4) is 11.1 Å². The third-order valence-corrected chi connectivity index (χ3v) is 4.67. The van der Waals surface area contributed by atoms with E-state index in [1.807, 2.05) is 0 Å². The van der Waals surface area contributed by atoms with Crippen molar-refractivity contribution >= 4 is 9.53 Å². The van der Waals surface area contributed by atoms with Gasteiger partial charge < -0.3 is 13.3 Å². The third-order valence-electron chi connectivity index (χ3n) is 3.46. The fourth-order valence-corrected chi connectivity index (χ4v) is 2.98. The lowest BCUT2D eigenvalue weighted by Gasteiger charge is -2.18. The summed E-state index contributed by atoms with van der Waals surface area (Å²) in [5, 5.41) is 0. The SMILES string of the molecule is CO[Si](OC)OC(C)c1cccc(-c2c(F)c(F)c(F)c(F)c2F)c1. The molecule has 0 fully saturated rings. The molecule has 2 aromatic rings. The van der Waals surface area contributed by atoms with E-state index in [1.54, 1.807) is 13.0 Å². The Bertz CT molecular complexity index is 739. The van der Waals surface area contributed by atoms with Crippen LogP contribution in [0.25, 0.3) is 11.1 Å². The Morgan fingerprint density at radius 2 is 1.36 bits per heavy atom. The van der Waals surface area contributed by atoms with E-state index < -0.39 is 50.3 Å². The molecule has 1 radical (unpaired) electrons. The lowest BCUT2D eigenvalue weighted by Crippen LogP contribution is -2.25. The molecule has 1 unspecified atom stereocenters. The molecule has 0 saturated carbocycles. The van der Waals surface area contributed by atoms with Gasteiger partial charge in [0.2, 0.25) is 5.82 Å². The lowest BCUT2D eigenvalue weighted by atomic mass is 9.99. The number of hydrogen-bond donors (Lipinski definition) is 0. The summed E-state index contributed by atoms with van der Waals surface area (Å²) >= 11 is 0. The van der Waals surface area contributed by atoms with Crippen molar-refractivity contribution in [1.29, 1.82) is 0 Å². The molecule has 0 saturated heterocycles. The van der Waals surface area contributed by atoms with Gasteiger partial charge in [-0.1, -0.05) is 18.2 Å². The molecule has 0 N–H and O–H groups in total. The maximum absolute atomic E-state index is 14.0. The van der Waals surface area contributed by atoms with Gasteiger partial charge in [-0.3, -0.25) is 0 Å². The highest BCUT2D eigenvalue weighted by atomic mass is 28.3. The Morgan fingerprint density at radius 3 is 1.88 bits per heavy atom. The summed E-state index contributed by atoms with van der Waals surface area (Å²) < 4.78 is 83.4. The number of rotatable bonds is 6. The van der Waals surface area contributed by atoms with Gasteiger partial charge in [-0.2, -0.15) is 0 Å². The van der Waals surface area contributed by atoms with Gasteiger partial charge >= 0.3 is 9.53 Å². The molecule has 2 aromatic carbocycles. The van der Waals surface area contributed by atoms with Crippen LogP contribution in [0.15, 0.2) is 24.3 Å². The second-order valence-electron chi connectivity index (χ2n) is 4.99. The van der Waals surface area contributed by atoms with E-state index in [9.17, 15) is 22.0 Å². The standard InChI is InChI=1S/C16H14F5O3Si/c1-8(24-25(22-2)23-3)9-5-4-6-10(7-9)11-12(17)14(19)16(21)15(20)13(11)18/h4-8H,1-3H3. The van der Waals surface area contributed by atoms with Crippen LogP contribution in [0.3, 0.4) is 0 Å². The summed E-state index contributed by atoms with van der Waals surface area (Å²) in [5.41, 5.74) is -0.697. The number of benzene rings is 2. The summed E-state index contributed by atoms with van der Waals surface area (Å²) in [6.07, 6.45) is -0.588. The van der Waals surface area contributed by atoms with Crippen molar-refractivity contribution in [1.82, 2.24) is 0 Å². The molecule has 0 aliphatic heterocycles. The normalized spacial score (nSPS) is 12.7. The van der Waals surface area contributed by atoms with Gasteiger partial charge in [0, 0.05) is 14.2 Å². The van der Waals surface area contributed by atoms with E-state index in [0.29, 0.717) is 5.56 Å². The fraction of sp³-hybridized carbons (Fsp3) is 0.250. The maximum Gasteiger partial charge on any atom is 0.577 e. The minimum atomic E-state index is -2.20. The Hall–Kier alpha value is -1.81. The molecule has 0 bridgehead atoms. The van der Waals surface area contributed by atoms with Crippen molar-refractivity contribution in [2.24, 2.45) is 0 Å². The van der Waals surface area contributed by atoms with E-state index in [4.69, 9.17) is 13.3 Å². The summed E-state index contributed by atoms with van der Waals surface area (Å²) in [4.78, 5) is 0. The van der Waals surface area contributed by atoms with Crippen LogP contribution in [-0.2, 0) is 13.3 Å². The Morgan fingerprint density at radius 1 is 0.840 bits per heavy atom. The van der Waals surface area contributed by atoms with Crippen molar-refractivity contribution < 1.29 is 35.2 Å². The first-order valence-corrected chi connectivity index (χ1v) is 8.27. The van der Waals surface area contributed by atoms with Crippen LogP contribution < -0.4 is 0 Å². The Labute approximate surface area is 142 Å². The maximum atomic E-state index is 14.0. The summed E-state index contributed by atoms with van der Waals surface area (Å²) in [7, 11) is 0.798. The van der Waals surface area contributed by atoms with Gasteiger partial charge in [0.15, 0.2) is 23.3 Å². The largest absolute Gasteiger partial charge is 0.577 e. The van der Waals surface area contributed by atoms with Crippen molar-refractivity contribution in [3.05, 3.63) is 58.9 Å². The molecule has 0 spiro atoms. The van der Waals surface area contributed by atoms with E-state index in [1.165, 1.54) is 32.4 Å². The summed E-state index contributed by atoms with van der Waals surface area (Å²) in [5.74, 6) is -9.96. The number of hydrogen-bond acceptors (Lipinski definition) is 3. The van der Waals surface area contributed by atoms with Crippen LogP contribution in [0.2, 0.25) is 0 Å². The Kier molecular flexibility index (Phi) is 6.28. The second-order valence-corrected chi connectivity index (χ2v) is 6.54. The molecule has 135 valence electrons. The van der Waals surface area contributed by atoms with Crippen LogP contribution >= 0.6 is 0 Å². The molecule has 0 aromatic heterocycles. The van der Waals surface area contributed by atoms with E-state index >= 15 is 0 Å². The van der Waals surface area contributed by atoms with E-state index in [2.05, 4.69) is 0 Å². The quantitative estimate of drug-likeness (QED) is 0.323. The van der Waals surface area contributed by atoms with Crippen LogP contribution in [-0.4, -0.2) is 23.7 Å². The molecule has 0 heterocycles. The van der Waals surface area contributed by atoms with Gasteiger partial charge in [-0.15, -0.1) is 0 Å². The van der Waals surface area contributed by atoms with Crippen LogP contribution in [0.5, 0.6) is 0 Å². The average molecular weight is 377 g/mol. The van der Waals surface area contributed by atoms with Gasteiger partial charge in [-0.05, 0) is 24.1 Å². The summed E-state index contributed by atoms with van der Waals surface area (Å²) in [6, 6.07) is 5.54. The first-order valence-electron chi connectivity index (χ1n) is 7.05. The lowest BCUT2D eigenvalue weighted by molar-refractivity contribution is 0.0951. The first-order chi connectivity index (χ1) is 11.8. The monoisotopic (exact) mass is 377 g/mol. The zero-order chi connectivity index (χ0) is 18.7. The highest BCUT2D eigenvalue weighted by Crippen LogP contribution is 2.33. The van der Waals surface area contributed by atoms with Crippen LogP contribution in [0, 0.1) is 29.1 Å². The minimum absolute atomic E-state index is 0.163. The average Bonchev–Trinajstić information content (AvgIpc) is 2.63. The molecular weight excluding hydrogens is 363 g/mol. The molecule has 0 aliphatic carbocycles. The third kappa shape index (κ3) is 3.89. The van der Waals surface area contributed by atoms with E-state index in [0.717, 1.165) is 0 Å². The van der Waals surface area contributed by atoms with Gasteiger partial charge in [0.1, 0.15) is 0 Å². The molecule has 25 heavy (non-hydrogen) atoms. The molecule has 2 rings (SSSR count). The second kappa shape index (κ2) is 8.04. The molecule has 3 nitrogen and oxygen atoms in total.